The third-order valence-electron chi connectivity index (χ3n) is 5.80. The number of benzene rings is 3. The van der Waals surface area contributed by atoms with Gasteiger partial charge < -0.3 is 9.80 Å². The maximum atomic E-state index is 13.6. The summed E-state index contributed by atoms with van der Waals surface area (Å²) in [6, 6.07) is 23.3. The Kier molecular flexibility index (Phi) is 6.91. The topological polar surface area (TPSA) is 60.9 Å². The van der Waals surface area contributed by atoms with Gasteiger partial charge in [-0.25, -0.2) is 8.42 Å². The van der Waals surface area contributed by atoms with E-state index < -0.39 is 10.0 Å². The van der Waals surface area contributed by atoms with Gasteiger partial charge in [0.2, 0.25) is 5.91 Å². The normalized spacial score (nSPS) is 14.2. The van der Waals surface area contributed by atoms with Gasteiger partial charge in [-0.2, -0.15) is 0 Å². The summed E-state index contributed by atoms with van der Waals surface area (Å²) in [6.07, 6.45) is 0. The van der Waals surface area contributed by atoms with Crippen molar-refractivity contribution in [3.8, 4) is 0 Å². The van der Waals surface area contributed by atoms with Gasteiger partial charge in [-0.3, -0.25) is 9.10 Å². The van der Waals surface area contributed by atoms with E-state index in [2.05, 4.69) is 4.90 Å². The highest BCUT2D eigenvalue weighted by Gasteiger charge is 2.31. The number of hydrogen-bond donors (Lipinski definition) is 0. The van der Waals surface area contributed by atoms with Crippen molar-refractivity contribution in [1.29, 1.82) is 0 Å². The molecule has 0 aliphatic carbocycles. The van der Waals surface area contributed by atoms with Crippen LogP contribution >= 0.6 is 11.6 Å². The first-order valence-electron chi connectivity index (χ1n) is 10.8. The lowest BCUT2D eigenvalue weighted by Crippen LogP contribution is -2.52. The Morgan fingerprint density at radius 1 is 0.909 bits per heavy atom. The molecule has 0 bridgehead atoms. The quantitative estimate of drug-likeness (QED) is 0.527. The first-order chi connectivity index (χ1) is 15.9. The Labute approximate surface area is 200 Å². The van der Waals surface area contributed by atoms with Gasteiger partial charge >= 0.3 is 0 Å². The number of rotatable bonds is 6. The minimum atomic E-state index is -3.96. The van der Waals surface area contributed by atoms with Crippen LogP contribution in [-0.2, 0) is 14.8 Å². The van der Waals surface area contributed by atoms with Crippen LogP contribution in [0.5, 0.6) is 0 Å². The first kappa shape index (κ1) is 23.1. The highest BCUT2D eigenvalue weighted by Crippen LogP contribution is 2.29. The lowest BCUT2D eigenvalue weighted by molar-refractivity contribution is -0.129. The van der Waals surface area contributed by atoms with Crippen LogP contribution < -0.4 is 9.21 Å². The molecule has 1 fully saturated rings. The van der Waals surface area contributed by atoms with E-state index >= 15 is 0 Å². The molecule has 1 saturated heterocycles. The van der Waals surface area contributed by atoms with Crippen LogP contribution in [0.15, 0.2) is 83.8 Å². The highest BCUT2D eigenvalue weighted by atomic mass is 35.5. The van der Waals surface area contributed by atoms with E-state index in [9.17, 15) is 13.2 Å². The Morgan fingerprint density at radius 3 is 2.15 bits per heavy atom. The fourth-order valence-corrected chi connectivity index (χ4v) is 5.60. The van der Waals surface area contributed by atoms with Crippen LogP contribution in [0.25, 0.3) is 0 Å². The van der Waals surface area contributed by atoms with Gasteiger partial charge in [0.05, 0.1) is 10.6 Å². The van der Waals surface area contributed by atoms with Gasteiger partial charge in [-0.05, 0) is 48.9 Å². The molecule has 33 heavy (non-hydrogen) atoms. The van der Waals surface area contributed by atoms with E-state index in [-0.39, 0.29) is 17.3 Å². The number of sulfonamides is 1. The largest absolute Gasteiger partial charge is 0.368 e. The fraction of sp³-hybridized carbons (Fsp3) is 0.240. The van der Waals surface area contributed by atoms with Crippen molar-refractivity contribution in [1.82, 2.24) is 4.90 Å². The van der Waals surface area contributed by atoms with Crippen LogP contribution in [0, 0.1) is 6.92 Å². The van der Waals surface area contributed by atoms with Gasteiger partial charge in [0, 0.05) is 36.9 Å². The zero-order valence-corrected chi connectivity index (χ0v) is 20.0. The molecule has 8 heteroatoms. The lowest BCUT2D eigenvalue weighted by Gasteiger charge is -2.37. The van der Waals surface area contributed by atoms with Gasteiger partial charge in [-0.1, -0.05) is 54.1 Å². The highest BCUT2D eigenvalue weighted by molar-refractivity contribution is 7.92. The van der Waals surface area contributed by atoms with Crippen LogP contribution in [0.3, 0.4) is 0 Å². The van der Waals surface area contributed by atoms with Crippen LogP contribution in [0.2, 0.25) is 5.02 Å². The van der Waals surface area contributed by atoms with Crippen molar-refractivity contribution in [2.24, 2.45) is 0 Å². The number of halogens is 1. The molecule has 3 aromatic rings. The molecule has 4 rings (SSSR count). The molecule has 0 saturated carbocycles. The van der Waals surface area contributed by atoms with E-state index in [0.29, 0.717) is 36.9 Å². The number of nitrogens with zero attached hydrogens (tertiary/aromatic N) is 3. The number of carbonyl (C=O) groups excluding carboxylic acids is 1. The number of aryl methyl sites for hydroxylation is 1. The summed E-state index contributed by atoms with van der Waals surface area (Å²) in [5, 5.41) is 0.410. The van der Waals surface area contributed by atoms with E-state index in [0.717, 1.165) is 11.3 Å². The number of para-hydroxylation sites is 1. The van der Waals surface area contributed by atoms with Crippen LogP contribution in [-0.4, -0.2) is 51.9 Å². The van der Waals surface area contributed by atoms with E-state index in [1.807, 2.05) is 37.3 Å². The van der Waals surface area contributed by atoms with Crippen molar-refractivity contribution < 1.29 is 13.2 Å². The summed E-state index contributed by atoms with van der Waals surface area (Å²) < 4.78 is 28.3. The summed E-state index contributed by atoms with van der Waals surface area (Å²) in [5.41, 5.74) is 2.25. The van der Waals surface area contributed by atoms with Crippen molar-refractivity contribution in [2.75, 3.05) is 41.9 Å². The summed E-state index contributed by atoms with van der Waals surface area (Å²) >= 11 is 6.19. The molecule has 1 aliphatic heterocycles. The van der Waals surface area contributed by atoms with Gasteiger partial charge in [0.15, 0.2) is 0 Å². The van der Waals surface area contributed by atoms with E-state index in [1.54, 1.807) is 41.3 Å². The second-order valence-corrected chi connectivity index (χ2v) is 10.3. The second kappa shape index (κ2) is 9.85. The fourth-order valence-electron chi connectivity index (χ4n) is 3.95. The molecule has 172 valence electrons. The summed E-state index contributed by atoms with van der Waals surface area (Å²) in [6.45, 7) is 3.96. The molecule has 1 aliphatic rings. The third kappa shape index (κ3) is 5.15. The SMILES string of the molecule is Cc1ccc(Cl)cc1N(CC(=O)N1CCN(c2ccccc2)CC1)S(=O)(=O)c1ccccc1. The zero-order chi connectivity index (χ0) is 23.4. The first-order valence-corrected chi connectivity index (χ1v) is 12.6. The monoisotopic (exact) mass is 483 g/mol. The number of amides is 1. The smallest absolute Gasteiger partial charge is 0.264 e. The molecule has 0 N–H and O–H groups in total. The number of piperazine rings is 1. The average molecular weight is 484 g/mol. The molecular formula is C25H26ClN3O3S. The minimum absolute atomic E-state index is 0.131. The molecule has 0 unspecified atom stereocenters. The lowest BCUT2D eigenvalue weighted by atomic mass is 10.2. The Hall–Kier alpha value is -3.03. The van der Waals surface area contributed by atoms with E-state index in [1.165, 1.54) is 16.4 Å². The average Bonchev–Trinajstić information content (AvgIpc) is 2.85. The number of carbonyl (C=O) groups is 1. The standard InChI is InChI=1S/C25H26ClN3O3S/c1-20-12-13-21(26)18-24(20)29(33(31,32)23-10-6-3-7-11-23)19-25(30)28-16-14-27(15-17-28)22-8-4-2-5-9-22/h2-13,18H,14-17,19H2,1H3. The molecule has 0 atom stereocenters. The predicted octanol–water partition coefficient (Wildman–Crippen LogP) is 4.19. The van der Waals surface area contributed by atoms with Crippen LogP contribution in [0.4, 0.5) is 11.4 Å². The Bertz CT molecular complexity index is 1210. The Morgan fingerprint density at radius 2 is 1.52 bits per heavy atom. The maximum Gasteiger partial charge on any atom is 0.264 e. The number of hydrogen-bond acceptors (Lipinski definition) is 4. The zero-order valence-electron chi connectivity index (χ0n) is 18.4. The van der Waals surface area contributed by atoms with Crippen molar-refractivity contribution in [3.05, 3.63) is 89.4 Å². The molecule has 0 spiro atoms. The molecule has 0 aromatic heterocycles. The van der Waals surface area contributed by atoms with Gasteiger partial charge in [-0.15, -0.1) is 0 Å². The Balaban J connectivity index is 1.57. The second-order valence-electron chi connectivity index (χ2n) is 7.96. The molecule has 6 nitrogen and oxygen atoms in total. The summed E-state index contributed by atoms with van der Waals surface area (Å²) in [5.74, 6) is -0.235. The van der Waals surface area contributed by atoms with Gasteiger partial charge in [0.25, 0.3) is 10.0 Å². The predicted molar refractivity (Wildman–Crippen MR) is 132 cm³/mol. The molecule has 1 amide bonds. The summed E-state index contributed by atoms with van der Waals surface area (Å²) in [7, 11) is -3.96. The molecule has 3 aromatic carbocycles. The van der Waals surface area contributed by atoms with Gasteiger partial charge in [0.1, 0.15) is 6.54 Å². The number of anilines is 2. The van der Waals surface area contributed by atoms with Crippen LogP contribution in [0.1, 0.15) is 5.56 Å². The maximum absolute atomic E-state index is 13.6. The summed E-state index contributed by atoms with van der Waals surface area (Å²) in [4.78, 5) is 17.4. The van der Waals surface area contributed by atoms with Crippen molar-refractivity contribution in [2.45, 2.75) is 11.8 Å². The van der Waals surface area contributed by atoms with E-state index in [4.69, 9.17) is 11.6 Å². The van der Waals surface area contributed by atoms with Crippen molar-refractivity contribution >= 4 is 38.9 Å². The molecule has 1 heterocycles. The third-order valence-corrected chi connectivity index (χ3v) is 7.81. The minimum Gasteiger partial charge on any atom is -0.368 e. The molecular weight excluding hydrogens is 458 g/mol. The van der Waals surface area contributed by atoms with Crippen molar-refractivity contribution in [3.63, 3.8) is 0 Å². The molecule has 0 radical (unpaired) electrons.